The molecule has 1 aromatic rings. The van der Waals surface area contributed by atoms with Gasteiger partial charge >= 0.3 is 0 Å². The summed E-state index contributed by atoms with van der Waals surface area (Å²) in [5.74, 6) is 0. The Balaban J connectivity index is 3.01. The highest BCUT2D eigenvalue weighted by atomic mass is 32.3. The lowest BCUT2D eigenvalue weighted by molar-refractivity contribution is 0.185. The van der Waals surface area contributed by atoms with Gasteiger partial charge in [0.15, 0.2) is 0 Å². The minimum Gasteiger partial charge on any atom is -0.385 e. The molecule has 1 aliphatic heterocycles. The molecule has 1 atom stereocenters. The van der Waals surface area contributed by atoms with Gasteiger partial charge in [0.25, 0.3) is 10.0 Å². The van der Waals surface area contributed by atoms with Crippen molar-refractivity contribution < 1.29 is 39.4 Å². The van der Waals surface area contributed by atoms with Crippen LogP contribution in [0.5, 0.6) is 0 Å². The molecular weight excluding hydrogens is 362 g/mol. The number of fused-ring (bicyclic) bond motifs is 1. The summed E-state index contributed by atoms with van der Waals surface area (Å²) in [5.41, 5.74) is -1.04. The molecule has 0 aliphatic carbocycles. The van der Waals surface area contributed by atoms with Gasteiger partial charge in [-0.25, -0.2) is 22.0 Å². The average Bonchev–Trinajstić information content (AvgIpc) is 2.96. The normalized spacial score (nSPS) is 37.4. The zero-order valence-corrected chi connectivity index (χ0v) is 13.9. The molecule has 2 rings (SSSR count). The Kier molecular flexibility index (Phi) is 2.41. The monoisotopic (exact) mass is 396 g/mol. The standard InChI is InChI=1S/C12H21N3O5S3/c1-3-14-10-8-15(5-4-6-20-2)23(18,19)12-9(10)7-11(21-12)22(13,16)17/h7,10,14H,3-6,8H2,1-2H3,(H2,13,16,17)/t10-/m0/s1/i2D3,4D2,5D2,6D2,7D,8D2,10D. The first-order valence-corrected chi connectivity index (χ1v) is 9.62. The first kappa shape index (κ1) is 7.77. The molecule has 0 fully saturated rings. The summed E-state index contributed by atoms with van der Waals surface area (Å²) >= 11 is -0.208. The van der Waals surface area contributed by atoms with Crippen LogP contribution in [0.3, 0.4) is 0 Å². The molecule has 0 radical (unpaired) electrons. The predicted octanol–water partition coefficient (Wildman–Crippen LogP) is 0.0869. The first-order valence-electron chi connectivity index (χ1n) is 12.3. The number of ether oxygens (including phenoxy) is 1. The van der Waals surface area contributed by atoms with Gasteiger partial charge in [-0.15, -0.1) is 11.3 Å². The molecule has 0 saturated carbocycles. The molecule has 1 aromatic heterocycles. The molecule has 8 nitrogen and oxygen atoms in total. The van der Waals surface area contributed by atoms with Crippen LogP contribution in [0.25, 0.3) is 0 Å². The molecule has 0 aromatic carbocycles. The quantitative estimate of drug-likeness (QED) is 0.674. The topological polar surface area (TPSA) is 119 Å². The van der Waals surface area contributed by atoms with Gasteiger partial charge in [0, 0.05) is 46.4 Å². The van der Waals surface area contributed by atoms with Crippen molar-refractivity contribution in [1.29, 1.82) is 0 Å². The SMILES string of the molecule is [2H]c1c(S(N)(=O)=O)sc2c1[C@@]([2H])(NCC)C([2H])([2H])N(C([2H])([2H])C([2H])([2H])C([2H])([2H])OC([2H])([2H])[2H])S2(=O)=O. The molecule has 0 spiro atoms. The number of hydrogen-bond acceptors (Lipinski definition) is 7. The summed E-state index contributed by atoms with van der Waals surface area (Å²) in [6, 6.07) is -4.31. The maximum atomic E-state index is 13.5. The zero-order valence-electron chi connectivity index (χ0n) is 24.5. The van der Waals surface area contributed by atoms with Crippen LogP contribution in [-0.4, -0.2) is 54.3 Å². The van der Waals surface area contributed by atoms with Crippen molar-refractivity contribution in [2.75, 3.05) is 33.1 Å². The summed E-state index contributed by atoms with van der Waals surface area (Å²) in [6.07, 6.45) is -4.26. The van der Waals surface area contributed by atoms with Crippen LogP contribution in [0.15, 0.2) is 14.5 Å². The van der Waals surface area contributed by atoms with Crippen LogP contribution in [0, 0.1) is 0 Å². The fourth-order valence-electron chi connectivity index (χ4n) is 1.58. The average molecular weight is 397 g/mol. The Labute approximate surface area is 159 Å². The molecule has 0 saturated heterocycles. The van der Waals surface area contributed by atoms with Crippen LogP contribution in [0.1, 0.15) is 42.7 Å². The van der Waals surface area contributed by atoms with Crippen LogP contribution < -0.4 is 10.5 Å². The van der Waals surface area contributed by atoms with E-state index in [0.717, 1.165) is 0 Å². The molecule has 132 valence electrons. The van der Waals surface area contributed by atoms with Gasteiger partial charge in [0.1, 0.15) is 8.42 Å². The third kappa shape index (κ3) is 3.92. The number of rotatable bonds is 7. The van der Waals surface area contributed by atoms with E-state index in [0.29, 0.717) is 0 Å². The number of nitrogens with zero attached hydrogens (tertiary/aromatic N) is 1. The van der Waals surface area contributed by atoms with Crippen molar-refractivity contribution in [1.82, 2.24) is 9.62 Å². The minimum atomic E-state index is -5.69. The van der Waals surface area contributed by atoms with Gasteiger partial charge in [-0.05, 0) is 19.0 Å². The predicted molar refractivity (Wildman–Crippen MR) is 87.4 cm³/mol. The molecule has 0 unspecified atom stereocenters. The third-order valence-electron chi connectivity index (χ3n) is 2.43. The largest absolute Gasteiger partial charge is 0.385 e. The molecule has 11 heteroatoms. The van der Waals surface area contributed by atoms with Crippen LogP contribution >= 0.6 is 11.3 Å². The first-order chi connectivity index (χ1) is 15.6. The van der Waals surface area contributed by atoms with E-state index in [4.69, 9.17) is 23.0 Å². The van der Waals surface area contributed by atoms with Gasteiger partial charge in [-0.2, -0.15) is 4.31 Å². The van der Waals surface area contributed by atoms with Gasteiger partial charge in [-0.1, -0.05) is 6.92 Å². The third-order valence-corrected chi connectivity index (χ3v) is 6.89. The van der Waals surface area contributed by atoms with Crippen molar-refractivity contribution in [3.05, 3.63) is 11.6 Å². The maximum absolute atomic E-state index is 13.5. The Morgan fingerprint density at radius 3 is 3.13 bits per heavy atom. The van der Waals surface area contributed by atoms with E-state index >= 15 is 0 Å². The lowest BCUT2D eigenvalue weighted by Gasteiger charge is -2.32. The van der Waals surface area contributed by atoms with E-state index in [2.05, 4.69) is 10.1 Å². The fraction of sp³-hybridized carbons (Fsp3) is 0.667. The fourth-order valence-corrected chi connectivity index (χ4v) is 5.12. The molecule has 23 heavy (non-hydrogen) atoms. The van der Waals surface area contributed by atoms with Crippen molar-refractivity contribution in [3.63, 3.8) is 0 Å². The molecular formula is C12H21N3O5S3. The highest BCUT2D eigenvalue weighted by Crippen LogP contribution is 2.39. The summed E-state index contributed by atoms with van der Waals surface area (Å²) in [7, 11) is -14.1. The second kappa shape index (κ2) is 7.13. The highest BCUT2D eigenvalue weighted by molar-refractivity contribution is 7.94. The number of methoxy groups -OCH3 is 1. The second-order valence-electron chi connectivity index (χ2n) is 3.95. The summed E-state index contributed by atoms with van der Waals surface area (Å²) in [6.45, 7) is -11.3. The second-order valence-corrected chi connectivity index (χ2v) is 8.71. The van der Waals surface area contributed by atoms with Crippen molar-refractivity contribution in [3.8, 4) is 0 Å². The summed E-state index contributed by atoms with van der Waals surface area (Å²) < 4.78 is 154. The Morgan fingerprint density at radius 1 is 1.78 bits per heavy atom. The maximum Gasteiger partial charge on any atom is 0.252 e. The van der Waals surface area contributed by atoms with Crippen LogP contribution in [-0.2, 0) is 24.8 Å². The van der Waals surface area contributed by atoms with Crippen molar-refractivity contribution >= 4 is 31.4 Å². The molecule has 0 amide bonds. The number of nitrogens with one attached hydrogen (secondary N) is 1. The van der Waals surface area contributed by atoms with Crippen LogP contribution in [0.2, 0.25) is 0 Å². The smallest absolute Gasteiger partial charge is 0.252 e. The number of hydrogen-bond donors (Lipinski definition) is 2. The van der Waals surface area contributed by atoms with Gasteiger partial charge in [0.2, 0.25) is 10.0 Å². The van der Waals surface area contributed by atoms with Gasteiger partial charge < -0.3 is 10.1 Å². The summed E-state index contributed by atoms with van der Waals surface area (Å²) in [4.78, 5) is 0. The van der Waals surface area contributed by atoms with E-state index in [9.17, 15) is 16.8 Å². The zero-order chi connectivity index (χ0) is 28.7. The molecule has 3 N–H and O–H groups in total. The number of likely N-dealkylation sites (N-methyl/N-ethyl adjacent to an activating group) is 1. The number of nitrogens with two attached hydrogens (primary N) is 1. The number of primary sulfonamides is 1. The number of thiophene rings is 1. The Morgan fingerprint density at radius 2 is 2.52 bits per heavy atom. The number of sulfonamides is 2. The Hall–Kier alpha value is -0.560. The Bertz CT molecular complexity index is 1260. The van der Waals surface area contributed by atoms with Gasteiger partial charge in [0.05, 0.1) is 9.60 Å². The van der Waals surface area contributed by atoms with E-state index in [1.807, 2.05) is 0 Å². The van der Waals surface area contributed by atoms with E-state index in [1.165, 1.54) is 6.92 Å². The molecule has 2 heterocycles. The lowest BCUT2D eigenvalue weighted by atomic mass is 10.1. The van der Waals surface area contributed by atoms with Crippen molar-refractivity contribution in [2.24, 2.45) is 5.14 Å². The van der Waals surface area contributed by atoms with E-state index in [1.54, 1.807) is 0 Å². The highest BCUT2D eigenvalue weighted by Gasteiger charge is 2.39. The van der Waals surface area contributed by atoms with Gasteiger partial charge in [-0.3, -0.25) is 0 Å². The molecule has 1 aliphatic rings. The van der Waals surface area contributed by atoms with E-state index < -0.39 is 83.4 Å². The summed E-state index contributed by atoms with van der Waals surface area (Å²) in [5, 5.41) is 7.23. The van der Waals surface area contributed by atoms with Crippen molar-refractivity contribution in [2.45, 2.75) is 27.7 Å². The lowest BCUT2D eigenvalue weighted by Crippen LogP contribution is -2.43. The minimum absolute atomic E-state index is 0.208. The van der Waals surface area contributed by atoms with Crippen LogP contribution in [0.4, 0.5) is 0 Å². The molecule has 0 bridgehead atoms. The van der Waals surface area contributed by atoms with E-state index in [-0.39, 0.29) is 17.9 Å².